The Labute approximate surface area is 118 Å². The number of hydrogen-bond acceptors (Lipinski definition) is 3. The van der Waals surface area contributed by atoms with E-state index in [0.29, 0.717) is 22.0 Å². The highest BCUT2D eigenvalue weighted by Crippen LogP contribution is 2.25. The van der Waals surface area contributed by atoms with E-state index >= 15 is 0 Å². The summed E-state index contributed by atoms with van der Waals surface area (Å²) in [4.78, 5) is 0.259. The van der Waals surface area contributed by atoms with Gasteiger partial charge >= 0.3 is 0 Å². The largest absolute Gasteiger partial charge is 0.283 e. The molecule has 0 atom stereocenters. The van der Waals surface area contributed by atoms with Gasteiger partial charge in [-0.15, -0.1) is 0 Å². The predicted octanol–water partition coefficient (Wildman–Crippen LogP) is 3.01. The summed E-state index contributed by atoms with van der Waals surface area (Å²) in [6, 6.07) is 5.31. The standard InChI is InChI=1S/C13H15ClN2O2S/c1-8-5-6-9(2)12(7-8)19(17,18)16-11(4)13(14)10(3)15-16/h5-7H,1-4H3. The Bertz CT molecular complexity index is 748. The summed E-state index contributed by atoms with van der Waals surface area (Å²) in [5.74, 6) is 0. The van der Waals surface area contributed by atoms with E-state index in [4.69, 9.17) is 11.6 Å². The Morgan fingerprint density at radius 1 is 1.16 bits per heavy atom. The molecule has 0 aliphatic carbocycles. The molecule has 19 heavy (non-hydrogen) atoms. The van der Waals surface area contributed by atoms with Gasteiger partial charge in [0.1, 0.15) is 0 Å². The summed E-state index contributed by atoms with van der Waals surface area (Å²) in [5.41, 5.74) is 2.51. The summed E-state index contributed by atoms with van der Waals surface area (Å²) in [5, 5.41) is 4.41. The maximum atomic E-state index is 12.6. The topological polar surface area (TPSA) is 52.0 Å². The maximum Gasteiger partial charge on any atom is 0.283 e. The van der Waals surface area contributed by atoms with Gasteiger partial charge in [0, 0.05) is 0 Å². The Morgan fingerprint density at radius 2 is 1.79 bits per heavy atom. The van der Waals surface area contributed by atoms with Crippen molar-refractivity contribution in [1.82, 2.24) is 9.19 Å². The van der Waals surface area contributed by atoms with Crippen molar-refractivity contribution in [2.24, 2.45) is 0 Å². The lowest BCUT2D eigenvalue weighted by molar-refractivity contribution is 0.577. The van der Waals surface area contributed by atoms with E-state index in [1.807, 2.05) is 13.0 Å². The summed E-state index contributed by atoms with van der Waals surface area (Å²) in [6.07, 6.45) is 0. The monoisotopic (exact) mass is 298 g/mol. The van der Waals surface area contributed by atoms with Crippen molar-refractivity contribution in [1.29, 1.82) is 0 Å². The van der Waals surface area contributed by atoms with Gasteiger partial charge in [0.2, 0.25) is 0 Å². The van der Waals surface area contributed by atoms with Crippen LogP contribution in [0, 0.1) is 27.7 Å². The third-order valence-electron chi connectivity index (χ3n) is 3.01. The quantitative estimate of drug-likeness (QED) is 0.856. The lowest BCUT2D eigenvalue weighted by Gasteiger charge is -2.10. The molecule has 1 heterocycles. The molecule has 0 N–H and O–H groups in total. The van der Waals surface area contributed by atoms with Crippen molar-refractivity contribution in [3.05, 3.63) is 45.7 Å². The summed E-state index contributed by atoms with van der Waals surface area (Å²) >= 11 is 6.02. The van der Waals surface area contributed by atoms with E-state index in [2.05, 4.69) is 5.10 Å². The molecule has 0 bridgehead atoms. The minimum Gasteiger partial charge on any atom is -0.199 e. The number of aryl methyl sites for hydroxylation is 3. The number of benzene rings is 1. The molecule has 1 aromatic carbocycles. The second kappa shape index (κ2) is 4.65. The molecule has 0 spiro atoms. The minimum atomic E-state index is -3.70. The Balaban J connectivity index is 2.72. The van der Waals surface area contributed by atoms with Crippen molar-refractivity contribution < 1.29 is 8.42 Å². The van der Waals surface area contributed by atoms with Crippen molar-refractivity contribution >= 4 is 21.6 Å². The van der Waals surface area contributed by atoms with Crippen LogP contribution in [0.15, 0.2) is 23.1 Å². The van der Waals surface area contributed by atoms with Crippen LogP contribution in [0.5, 0.6) is 0 Å². The van der Waals surface area contributed by atoms with Crippen LogP contribution in [0.3, 0.4) is 0 Å². The number of rotatable bonds is 2. The minimum absolute atomic E-state index is 0.259. The van der Waals surface area contributed by atoms with E-state index in [0.717, 1.165) is 9.65 Å². The van der Waals surface area contributed by atoms with Crippen LogP contribution in [-0.4, -0.2) is 17.6 Å². The zero-order valence-electron chi connectivity index (χ0n) is 11.2. The molecule has 4 nitrogen and oxygen atoms in total. The molecule has 102 valence electrons. The molecule has 0 aliphatic heterocycles. The smallest absolute Gasteiger partial charge is 0.199 e. The predicted molar refractivity (Wildman–Crippen MR) is 75.2 cm³/mol. The van der Waals surface area contributed by atoms with Crippen molar-refractivity contribution in [2.45, 2.75) is 32.6 Å². The van der Waals surface area contributed by atoms with Crippen molar-refractivity contribution in [3.8, 4) is 0 Å². The molecule has 0 saturated heterocycles. The molecule has 0 saturated carbocycles. The lowest BCUT2D eigenvalue weighted by atomic mass is 10.2. The van der Waals surface area contributed by atoms with Gasteiger partial charge in [-0.2, -0.15) is 17.6 Å². The summed E-state index contributed by atoms with van der Waals surface area (Å²) < 4.78 is 26.3. The van der Waals surface area contributed by atoms with E-state index in [1.54, 1.807) is 32.9 Å². The van der Waals surface area contributed by atoms with Gasteiger partial charge in [0.05, 0.1) is 21.3 Å². The molecule has 0 radical (unpaired) electrons. The third kappa shape index (κ3) is 2.28. The first-order chi connectivity index (χ1) is 8.75. The van der Waals surface area contributed by atoms with Gasteiger partial charge in [-0.3, -0.25) is 0 Å². The van der Waals surface area contributed by atoms with Crippen LogP contribution in [0.2, 0.25) is 5.02 Å². The SMILES string of the molecule is Cc1ccc(C)c(S(=O)(=O)n2nc(C)c(Cl)c2C)c1. The van der Waals surface area contributed by atoms with E-state index in [-0.39, 0.29) is 4.90 Å². The van der Waals surface area contributed by atoms with E-state index in [1.165, 1.54) is 0 Å². The first-order valence-electron chi connectivity index (χ1n) is 5.79. The fourth-order valence-corrected chi connectivity index (χ4v) is 3.76. The fraction of sp³-hybridized carbons (Fsp3) is 0.308. The van der Waals surface area contributed by atoms with Crippen LogP contribution in [-0.2, 0) is 10.0 Å². The van der Waals surface area contributed by atoms with Gasteiger partial charge in [-0.05, 0) is 44.9 Å². The first-order valence-corrected chi connectivity index (χ1v) is 7.61. The molecule has 6 heteroatoms. The second-order valence-electron chi connectivity index (χ2n) is 4.60. The molecule has 2 aromatic rings. The van der Waals surface area contributed by atoms with Gasteiger partial charge in [-0.25, -0.2) is 0 Å². The average molecular weight is 299 g/mol. The molecule has 0 fully saturated rings. The highest BCUT2D eigenvalue weighted by atomic mass is 35.5. The number of hydrogen-bond donors (Lipinski definition) is 0. The van der Waals surface area contributed by atoms with E-state index < -0.39 is 10.0 Å². The zero-order chi connectivity index (χ0) is 14.4. The molecular weight excluding hydrogens is 284 g/mol. The Kier molecular flexibility index (Phi) is 3.45. The number of aromatic nitrogens is 2. The third-order valence-corrected chi connectivity index (χ3v) is 5.37. The van der Waals surface area contributed by atoms with Gasteiger partial charge in [0.25, 0.3) is 10.0 Å². The summed E-state index contributed by atoms with van der Waals surface area (Å²) in [7, 11) is -3.70. The fourth-order valence-electron chi connectivity index (χ4n) is 1.91. The number of halogens is 1. The normalized spacial score (nSPS) is 11.8. The Hall–Kier alpha value is -1.33. The van der Waals surface area contributed by atoms with Crippen molar-refractivity contribution in [3.63, 3.8) is 0 Å². The number of nitrogens with zero attached hydrogens (tertiary/aromatic N) is 2. The molecular formula is C13H15ClN2O2S. The molecule has 0 aliphatic rings. The van der Waals surface area contributed by atoms with Crippen LogP contribution in [0.4, 0.5) is 0 Å². The molecule has 0 unspecified atom stereocenters. The average Bonchev–Trinajstić information content (AvgIpc) is 2.60. The lowest BCUT2D eigenvalue weighted by Crippen LogP contribution is -2.17. The molecule has 1 aromatic heterocycles. The van der Waals surface area contributed by atoms with Crippen LogP contribution >= 0.6 is 11.6 Å². The highest BCUT2D eigenvalue weighted by molar-refractivity contribution is 7.90. The summed E-state index contributed by atoms with van der Waals surface area (Å²) in [6.45, 7) is 6.95. The van der Waals surface area contributed by atoms with Gasteiger partial charge in [-0.1, -0.05) is 23.7 Å². The highest BCUT2D eigenvalue weighted by Gasteiger charge is 2.24. The molecule has 0 amide bonds. The zero-order valence-corrected chi connectivity index (χ0v) is 12.8. The first kappa shape index (κ1) is 14.1. The van der Waals surface area contributed by atoms with Gasteiger partial charge in [0.15, 0.2) is 0 Å². The van der Waals surface area contributed by atoms with Crippen molar-refractivity contribution in [2.75, 3.05) is 0 Å². The second-order valence-corrected chi connectivity index (χ2v) is 6.72. The molecule has 2 rings (SSSR count). The Morgan fingerprint density at radius 3 is 2.32 bits per heavy atom. The van der Waals surface area contributed by atoms with Crippen LogP contribution in [0.25, 0.3) is 0 Å². The van der Waals surface area contributed by atoms with Crippen LogP contribution < -0.4 is 0 Å². The maximum absolute atomic E-state index is 12.6. The van der Waals surface area contributed by atoms with E-state index in [9.17, 15) is 8.42 Å². The van der Waals surface area contributed by atoms with Crippen LogP contribution in [0.1, 0.15) is 22.5 Å². The van der Waals surface area contributed by atoms with Gasteiger partial charge < -0.3 is 0 Å².